The average Bonchev–Trinajstić information content (AvgIpc) is 3.03. The highest BCUT2D eigenvalue weighted by atomic mass is 16.5. The fourth-order valence-electron chi connectivity index (χ4n) is 2.03. The van der Waals surface area contributed by atoms with E-state index in [1.165, 1.54) is 0 Å². The Bertz CT molecular complexity index is 553. The van der Waals surface area contributed by atoms with E-state index in [1.807, 2.05) is 31.2 Å². The first-order valence-corrected chi connectivity index (χ1v) is 5.87. The van der Waals surface area contributed by atoms with Gasteiger partial charge in [0.15, 0.2) is 5.82 Å². The molecular formula is C13H14N2O3. The molecule has 5 heteroatoms. The van der Waals surface area contributed by atoms with Gasteiger partial charge in [0, 0.05) is 12.7 Å². The lowest BCUT2D eigenvalue weighted by Gasteiger charge is -2.02. The molecule has 0 aliphatic carbocycles. The second-order valence-electron chi connectivity index (χ2n) is 4.27. The molecule has 0 amide bonds. The highest BCUT2D eigenvalue weighted by Gasteiger charge is 2.30. The Morgan fingerprint density at radius 2 is 2.22 bits per heavy atom. The number of ether oxygens (including phenoxy) is 2. The Hall–Kier alpha value is -1.88. The van der Waals surface area contributed by atoms with Crippen LogP contribution in [-0.2, 0) is 4.74 Å². The summed E-state index contributed by atoms with van der Waals surface area (Å²) < 4.78 is 16.1. The summed E-state index contributed by atoms with van der Waals surface area (Å²) >= 11 is 0. The van der Waals surface area contributed by atoms with Crippen molar-refractivity contribution in [2.24, 2.45) is 0 Å². The number of hydrogen-bond donors (Lipinski definition) is 0. The average molecular weight is 246 g/mol. The fraction of sp³-hybridized carbons (Fsp3) is 0.385. The minimum Gasteiger partial charge on any atom is -0.492 e. The van der Waals surface area contributed by atoms with Crippen molar-refractivity contribution in [1.82, 2.24) is 10.1 Å². The van der Waals surface area contributed by atoms with Gasteiger partial charge in [-0.2, -0.15) is 4.98 Å². The Morgan fingerprint density at radius 1 is 1.39 bits per heavy atom. The van der Waals surface area contributed by atoms with Crippen molar-refractivity contribution in [3.05, 3.63) is 41.5 Å². The van der Waals surface area contributed by atoms with Gasteiger partial charge in [-0.25, -0.2) is 0 Å². The molecule has 1 aliphatic heterocycles. The summed E-state index contributed by atoms with van der Waals surface area (Å²) in [5.74, 6) is 2.06. The summed E-state index contributed by atoms with van der Waals surface area (Å²) in [7, 11) is 1.62. The van der Waals surface area contributed by atoms with Crippen LogP contribution >= 0.6 is 0 Å². The maximum Gasteiger partial charge on any atom is 0.237 e. The number of rotatable bonds is 3. The first kappa shape index (κ1) is 11.2. The molecule has 0 saturated carbocycles. The van der Waals surface area contributed by atoms with Crippen LogP contribution in [0.3, 0.4) is 0 Å². The van der Waals surface area contributed by atoms with Crippen LogP contribution in [0.15, 0.2) is 28.8 Å². The van der Waals surface area contributed by atoms with E-state index in [0.717, 1.165) is 11.3 Å². The number of hydrogen-bond acceptors (Lipinski definition) is 5. The Balaban J connectivity index is 1.91. The first-order valence-electron chi connectivity index (χ1n) is 5.87. The number of benzene rings is 1. The maximum absolute atomic E-state index is 5.60. The molecule has 1 aromatic heterocycles. The van der Waals surface area contributed by atoms with Gasteiger partial charge in [-0.05, 0) is 13.0 Å². The summed E-state index contributed by atoms with van der Waals surface area (Å²) in [5, 5.41) is 3.94. The molecule has 1 aliphatic rings. The summed E-state index contributed by atoms with van der Waals surface area (Å²) in [6.07, 6.45) is -0.167. The highest BCUT2D eigenvalue weighted by molar-refractivity contribution is 5.42. The zero-order valence-electron chi connectivity index (χ0n) is 10.3. The molecule has 0 unspecified atom stereocenters. The molecule has 2 heterocycles. The molecule has 3 rings (SSSR count). The Morgan fingerprint density at radius 3 is 3.06 bits per heavy atom. The van der Waals surface area contributed by atoms with E-state index in [4.69, 9.17) is 14.0 Å². The maximum atomic E-state index is 5.60. The number of nitrogens with zero attached hydrogens (tertiary/aromatic N) is 2. The molecule has 1 aromatic carbocycles. The molecule has 2 aromatic rings. The molecule has 0 bridgehead atoms. The molecule has 0 saturated heterocycles. The predicted octanol–water partition coefficient (Wildman–Crippen LogP) is 2.30. The molecular weight excluding hydrogens is 232 g/mol. The van der Waals surface area contributed by atoms with Crippen LogP contribution in [-0.4, -0.2) is 23.9 Å². The third kappa shape index (κ3) is 1.76. The smallest absolute Gasteiger partial charge is 0.237 e. The first-order chi connectivity index (χ1) is 8.79. The topological polar surface area (TPSA) is 57.4 Å². The number of methoxy groups -OCH3 is 1. The van der Waals surface area contributed by atoms with Gasteiger partial charge in [0.1, 0.15) is 24.4 Å². The number of aromatic nitrogens is 2. The van der Waals surface area contributed by atoms with Crippen LogP contribution in [0, 0.1) is 0 Å². The minimum absolute atomic E-state index is 0.0199. The van der Waals surface area contributed by atoms with Crippen molar-refractivity contribution in [3.63, 3.8) is 0 Å². The zero-order chi connectivity index (χ0) is 12.5. The molecule has 0 spiro atoms. The van der Waals surface area contributed by atoms with Gasteiger partial charge in [-0.1, -0.05) is 23.4 Å². The van der Waals surface area contributed by atoms with Gasteiger partial charge < -0.3 is 14.0 Å². The molecule has 2 atom stereocenters. The molecule has 0 fully saturated rings. The molecule has 0 radical (unpaired) electrons. The lowest BCUT2D eigenvalue weighted by atomic mass is 10.0. The van der Waals surface area contributed by atoms with E-state index in [2.05, 4.69) is 10.1 Å². The normalized spacial score (nSPS) is 19.3. The van der Waals surface area contributed by atoms with Crippen LogP contribution in [0.5, 0.6) is 5.75 Å². The van der Waals surface area contributed by atoms with E-state index in [-0.39, 0.29) is 12.0 Å². The van der Waals surface area contributed by atoms with E-state index >= 15 is 0 Å². The van der Waals surface area contributed by atoms with Gasteiger partial charge in [-0.15, -0.1) is 0 Å². The molecule has 18 heavy (non-hydrogen) atoms. The van der Waals surface area contributed by atoms with Crippen LogP contribution in [0.2, 0.25) is 0 Å². The highest BCUT2D eigenvalue weighted by Crippen LogP contribution is 2.37. The lowest BCUT2D eigenvalue weighted by Crippen LogP contribution is -2.04. The van der Waals surface area contributed by atoms with Crippen molar-refractivity contribution >= 4 is 0 Å². The van der Waals surface area contributed by atoms with Gasteiger partial charge >= 0.3 is 0 Å². The van der Waals surface area contributed by atoms with Crippen LogP contribution < -0.4 is 4.74 Å². The largest absolute Gasteiger partial charge is 0.492 e. The van der Waals surface area contributed by atoms with E-state index in [9.17, 15) is 0 Å². The summed E-state index contributed by atoms with van der Waals surface area (Å²) in [4.78, 5) is 4.38. The standard InChI is InChI=1S/C13H14N2O3/c1-8(16-2)12-14-13(18-15-12)10-7-17-11-6-4-3-5-9(10)11/h3-6,8,10H,7H2,1-2H3/t8-,10-/m1/s1. The predicted molar refractivity (Wildman–Crippen MR) is 63.5 cm³/mol. The quantitative estimate of drug-likeness (QED) is 0.831. The third-order valence-electron chi connectivity index (χ3n) is 3.17. The number of fused-ring (bicyclic) bond motifs is 1. The Labute approximate surface area is 105 Å². The van der Waals surface area contributed by atoms with Gasteiger partial charge in [0.25, 0.3) is 0 Å². The summed E-state index contributed by atoms with van der Waals surface area (Å²) in [5.41, 5.74) is 1.10. The van der Waals surface area contributed by atoms with Crippen LogP contribution in [0.1, 0.15) is 36.2 Å². The van der Waals surface area contributed by atoms with Gasteiger partial charge in [0.05, 0.1) is 0 Å². The number of para-hydroxylation sites is 1. The fourth-order valence-corrected chi connectivity index (χ4v) is 2.03. The van der Waals surface area contributed by atoms with E-state index in [0.29, 0.717) is 18.3 Å². The van der Waals surface area contributed by atoms with Crippen molar-refractivity contribution in [2.45, 2.75) is 18.9 Å². The molecule has 94 valence electrons. The summed E-state index contributed by atoms with van der Waals surface area (Å²) in [6.45, 7) is 2.43. The monoisotopic (exact) mass is 246 g/mol. The van der Waals surface area contributed by atoms with Crippen molar-refractivity contribution in [1.29, 1.82) is 0 Å². The minimum atomic E-state index is -0.167. The second kappa shape index (κ2) is 4.42. The van der Waals surface area contributed by atoms with Gasteiger partial charge in [0.2, 0.25) is 5.89 Å². The SMILES string of the molecule is CO[C@H](C)c1noc([C@@H]2COc3ccccc32)n1. The van der Waals surface area contributed by atoms with Crippen molar-refractivity contribution in [3.8, 4) is 5.75 Å². The summed E-state index contributed by atoms with van der Waals surface area (Å²) in [6, 6.07) is 7.91. The van der Waals surface area contributed by atoms with E-state index < -0.39 is 0 Å². The van der Waals surface area contributed by atoms with Crippen LogP contribution in [0.4, 0.5) is 0 Å². The van der Waals surface area contributed by atoms with Crippen LogP contribution in [0.25, 0.3) is 0 Å². The molecule has 0 N–H and O–H groups in total. The Kier molecular flexibility index (Phi) is 2.76. The van der Waals surface area contributed by atoms with Crippen molar-refractivity contribution in [2.75, 3.05) is 13.7 Å². The third-order valence-corrected chi connectivity index (χ3v) is 3.17. The second-order valence-corrected chi connectivity index (χ2v) is 4.27. The van der Waals surface area contributed by atoms with Crippen molar-refractivity contribution < 1.29 is 14.0 Å². The van der Waals surface area contributed by atoms with E-state index in [1.54, 1.807) is 7.11 Å². The zero-order valence-corrected chi connectivity index (χ0v) is 10.3. The van der Waals surface area contributed by atoms with Gasteiger partial charge in [-0.3, -0.25) is 0 Å². The lowest BCUT2D eigenvalue weighted by molar-refractivity contribution is 0.109. The molecule has 5 nitrogen and oxygen atoms in total.